The first kappa shape index (κ1) is 17.6. The predicted octanol–water partition coefficient (Wildman–Crippen LogP) is 3.08. The van der Waals surface area contributed by atoms with Crippen LogP contribution in [0, 0.1) is 5.92 Å². The van der Waals surface area contributed by atoms with Crippen LogP contribution in [0.5, 0.6) is 0 Å². The summed E-state index contributed by atoms with van der Waals surface area (Å²) in [4.78, 5) is 16.5. The molecule has 0 aliphatic carbocycles. The normalized spacial score (nSPS) is 22.1. The summed E-state index contributed by atoms with van der Waals surface area (Å²) in [5.74, 6) is -0.103. The first-order chi connectivity index (χ1) is 9.72. The summed E-state index contributed by atoms with van der Waals surface area (Å²) >= 11 is 0. The van der Waals surface area contributed by atoms with Crippen LogP contribution in [0.1, 0.15) is 47.0 Å². The maximum absolute atomic E-state index is 12.1. The molecule has 1 fully saturated rings. The number of likely N-dealkylation sites (tertiary alicyclic amines) is 1. The summed E-state index contributed by atoms with van der Waals surface area (Å²) in [5, 5.41) is 14.2. The van der Waals surface area contributed by atoms with Crippen molar-refractivity contribution in [2.45, 2.75) is 58.2 Å². The summed E-state index contributed by atoms with van der Waals surface area (Å²) in [6.07, 6.45) is 1.75. The van der Waals surface area contributed by atoms with E-state index in [2.05, 4.69) is 10.0 Å². The third-order valence-electron chi connectivity index (χ3n) is 3.85. The highest BCUT2D eigenvalue weighted by Gasteiger charge is 2.39. The number of carbonyl (C=O) groups excluding carboxylic acids is 1. The van der Waals surface area contributed by atoms with Crippen LogP contribution in [0.3, 0.4) is 0 Å². The minimum Gasteiger partial charge on any atom is -0.444 e. The van der Waals surface area contributed by atoms with E-state index in [0.717, 1.165) is 12.8 Å². The first-order valence-corrected chi connectivity index (χ1v) is 7.43. The number of nitrogens with zero attached hydrogens (tertiary/aromatic N) is 4. The molecule has 1 aliphatic heterocycles. The summed E-state index contributed by atoms with van der Waals surface area (Å²) in [7, 11) is 0. The molecule has 1 N–H and O–H groups in total. The van der Waals surface area contributed by atoms with Gasteiger partial charge in [0.2, 0.25) is 0 Å². The first-order valence-electron chi connectivity index (χ1n) is 7.43. The fourth-order valence-corrected chi connectivity index (χ4v) is 2.59. The Morgan fingerprint density at radius 3 is 2.71 bits per heavy atom. The lowest BCUT2D eigenvalue weighted by atomic mass is 9.80. The Hall–Kier alpha value is -1.46. The highest BCUT2D eigenvalue weighted by molar-refractivity contribution is 5.68. The van der Waals surface area contributed by atoms with Crippen LogP contribution in [0.15, 0.2) is 5.11 Å². The van der Waals surface area contributed by atoms with Crippen molar-refractivity contribution in [2.75, 3.05) is 19.6 Å². The third kappa shape index (κ3) is 5.10. The summed E-state index contributed by atoms with van der Waals surface area (Å²) in [6, 6.07) is 0. The monoisotopic (exact) mass is 298 g/mol. The number of carbonyl (C=O) groups is 1. The second-order valence-corrected chi connectivity index (χ2v) is 6.61. The van der Waals surface area contributed by atoms with Gasteiger partial charge in [0.15, 0.2) is 0 Å². The Morgan fingerprint density at radius 2 is 2.19 bits per heavy atom. The minimum absolute atomic E-state index is 0.0345. The second-order valence-electron chi connectivity index (χ2n) is 6.61. The van der Waals surface area contributed by atoms with E-state index in [9.17, 15) is 9.90 Å². The predicted molar refractivity (Wildman–Crippen MR) is 79.8 cm³/mol. The number of hydrogen-bond acceptors (Lipinski definition) is 4. The van der Waals surface area contributed by atoms with Crippen molar-refractivity contribution in [1.29, 1.82) is 0 Å². The molecule has 2 atom stereocenters. The van der Waals surface area contributed by atoms with Crippen molar-refractivity contribution in [3.8, 4) is 0 Å². The quantitative estimate of drug-likeness (QED) is 0.490. The Balaban J connectivity index is 2.74. The lowest BCUT2D eigenvalue weighted by Gasteiger charge is -2.41. The van der Waals surface area contributed by atoms with Crippen LogP contribution in [0.25, 0.3) is 10.4 Å². The van der Waals surface area contributed by atoms with Gasteiger partial charge in [-0.2, -0.15) is 0 Å². The number of amides is 1. The van der Waals surface area contributed by atoms with Crippen molar-refractivity contribution < 1.29 is 14.6 Å². The van der Waals surface area contributed by atoms with Gasteiger partial charge in [-0.1, -0.05) is 12.0 Å². The number of aliphatic hydroxyl groups is 1. The molecule has 2 unspecified atom stereocenters. The molecule has 21 heavy (non-hydrogen) atoms. The average Bonchev–Trinajstić information content (AvgIpc) is 2.43. The van der Waals surface area contributed by atoms with Gasteiger partial charge in [0.1, 0.15) is 5.60 Å². The number of rotatable bonds is 4. The van der Waals surface area contributed by atoms with Crippen molar-refractivity contribution in [3.05, 3.63) is 10.4 Å². The molecular weight excluding hydrogens is 272 g/mol. The minimum atomic E-state index is -1.06. The third-order valence-corrected chi connectivity index (χ3v) is 3.85. The van der Waals surface area contributed by atoms with E-state index in [-0.39, 0.29) is 18.6 Å². The molecular formula is C14H26N4O3. The van der Waals surface area contributed by atoms with Gasteiger partial charge in [0, 0.05) is 23.9 Å². The topological polar surface area (TPSA) is 98.5 Å². The Labute approximate surface area is 125 Å². The SMILES string of the molecule is CCC(O)(CN=[N+]=[N-])C1CCCN(C(=O)OC(C)(C)C)C1. The van der Waals surface area contributed by atoms with Gasteiger partial charge in [-0.05, 0) is 45.6 Å². The lowest BCUT2D eigenvalue weighted by molar-refractivity contribution is -0.0478. The molecule has 1 rings (SSSR count). The molecule has 1 saturated heterocycles. The van der Waals surface area contributed by atoms with Gasteiger partial charge in [0.05, 0.1) is 12.1 Å². The molecule has 7 heteroatoms. The van der Waals surface area contributed by atoms with E-state index in [1.165, 1.54) is 0 Å². The molecule has 0 spiro atoms. The summed E-state index contributed by atoms with van der Waals surface area (Å²) in [5.41, 5.74) is 6.86. The smallest absolute Gasteiger partial charge is 0.410 e. The maximum atomic E-state index is 12.1. The maximum Gasteiger partial charge on any atom is 0.410 e. The second kappa shape index (κ2) is 7.00. The molecule has 0 aromatic heterocycles. The van der Waals surface area contributed by atoms with Crippen LogP contribution in [-0.4, -0.2) is 46.9 Å². The number of hydrogen-bond donors (Lipinski definition) is 1. The van der Waals surface area contributed by atoms with E-state index in [4.69, 9.17) is 10.3 Å². The van der Waals surface area contributed by atoms with E-state index >= 15 is 0 Å². The molecule has 0 radical (unpaired) electrons. The summed E-state index contributed by atoms with van der Waals surface area (Å²) < 4.78 is 5.38. The highest BCUT2D eigenvalue weighted by Crippen LogP contribution is 2.31. The zero-order valence-electron chi connectivity index (χ0n) is 13.4. The van der Waals surface area contributed by atoms with Crippen molar-refractivity contribution in [3.63, 3.8) is 0 Å². The van der Waals surface area contributed by atoms with Crippen molar-refractivity contribution in [1.82, 2.24) is 4.90 Å². The standard InChI is InChI=1S/C14H26N4O3/c1-5-14(20,10-16-17-15)11-7-6-8-18(9-11)12(19)21-13(2,3)4/h11,20H,5-10H2,1-4H3. The molecule has 120 valence electrons. The van der Waals surface area contributed by atoms with Gasteiger partial charge < -0.3 is 14.7 Å². The highest BCUT2D eigenvalue weighted by atomic mass is 16.6. The lowest BCUT2D eigenvalue weighted by Crippen LogP contribution is -2.51. The Kier molecular flexibility index (Phi) is 5.87. The Bertz CT molecular complexity index is 415. The largest absolute Gasteiger partial charge is 0.444 e. The van der Waals surface area contributed by atoms with Crippen LogP contribution in [0.4, 0.5) is 4.79 Å². The number of piperidine rings is 1. The van der Waals surface area contributed by atoms with Gasteiger partial charge in [-0.3, -0.25) is 0 Å². The molecule has 0 bridgehead atoms. The van der Waals surface area contributed by atoms with Crippen LogP contribution in [0.2, 0.25) is 0 Å². The van der Waals surface area contributed by atoms with E-state index in [1.807, 2.05) is 27.7 Å². The van der Waals surface area contributed by atoms with E-state index < -0.39 is 11.2 Å². The van der Waals surface area contributed by atoms with Gasteiger partial charge in [-0.25, -0.2) is 4.79 Å². The van der Waals surface area contributed by atoms with Crippen LogP contribution < -0.4 is 0 Å². The fourth-order valence-electron chi connectivity index (χ4n) is 2.59. The molecule has 0 saturated carbocycles. The van der Waals surface area contributed by atoms with E-state index in [0.29, 0.717) is 19.5 Å². The number of ether oxygens (including phenoxy) is 1. The molecule has 1 amide bonds. The number of azide groups is 1. The van der Waals surface area contributed by atoms with Crippen LogP contribution in [-0.2, 0) is 4.74 Å². The molecule has 0 aromatic carbocycles. The summed E-state index contributed by atoms with van der Waals surface area (Å²) in [6.45, 7) is 8.45. The van der Waals surface area contributed by atoms with Crippen molar-refractivity contribution in [2.24, 2.45) is 11.0 Å². The van der Waals surface area contributed by atoms with Gasteiger partial charge in [0.25, 0.3) is 0 Å². The van der Waals surface area contributed by atoms with E-state index in [1.54, 1.807) is 4.90 Å². The fraction of sp³-hybridized carbons (Fsp3) is 0.929. The molecule has 0 aromatic rings. The van der Waals surface area contributed by atoms with Gasteiger partial charge in [-0.15, -0.1) is 0 Å². The zero-order valence-corrected chi connectivity index (χ0v) is 13.4. The average molecular weight is 298 g/mol. The zero-order chi connectivity index (χ0) is 16.1. The van der Waals surface area contributed by atoms with Crippen LogP contribution >= 0.6 is 0 Å². The van der Waals surface area contributed by atoms with Crippen molar-refractivity contribution >= 4 is 6.09 Å². The molecule has 1 aliphatic rings. The molecule has 1 heterocycles. The Morgan fingerprint density at radius 1 is 1.52 bits per heavy atom. The molecule has 7 nitrogen and oxygen atoms in total. The van der Waals surface area contributed by atoms with Gasteiger partial charge >= 0.3 is 6.09 Å².